The van der Waals surface area contributed by atoms with Gasteiger partial charge in [-0.1, -0.05) is 0 Å². The Morgan fingerprint density at radius 3 is 2.53 bits per heavy atom. The minimum Gasteiger partial charge on any atom is -0.388 e. The molecular weight excluding hydrogens is 276 g/mol. The zero-order valence-corrected chi connectivity index (χ0v) is 11.3. The van der Waals surface area contributed by atoms with Crippen LogP contribution in [0.4, 0.5) is 8.78 Å². The Hall–Kier alpha value is -1.54. The number of sulfonamides is 1. The van der Waals surface area contributed by atoms with Gasteiger partial charge in [-0.05, 0) is 19.1 Å². The molecule has 106 valence electrons. The molecule has 0 aliphatic rings. The molecule has 1 unspecified atom stereocenters. The van der Waals surface area contributed by atoms with E-state index in [2.05, 4.69) is 0 Å². The normalized spacial score (nSPS) is 13.5. The van der Waals surface area contributed by atoms with Gasteiger partial charge in [0.15, 0.2) is 0 Å². The van der Waals surface area contributed by atoms with Crippen LogP contribution >= 0.6 is 0 Å². The van der Waals surface area contributed by atoms with Gasteiger partial charge in [-0.25, -0.2) is 17.2 Å². The lowest BCUT2D eigenvalue weighted by Gasteiger charge is -2.24. The van der Waals surface area contributed by atoms with Crippen LogP contribution in [0.5, 0.6) is 0 Å². The molecule has 0 aromatic heterocycles. The summed E-state index contributed by atoms with van der Waals surface area (Å²) in [5.74, 6) is -2.17. The quantitative estimate of drug-likeness (QED) is 0.633. The summed E-state index contributed by atoms with van der Waals surface area (Å²) < 4.78 is 51.5. The highest BCUT2D eigenvalue weighted by Gasteiger charge is 2.28. The van der Waals surface area contributed by atoms with Crippen LogP contribution in [-0.4, -0.2) is 31.6 Å². The first-order chi connectivity index (χ1) is 8.66. The predicted octanol–water partition coefficient (Wildman–Crippen LogP) is 1.30. The van der Waals surface area contributed by atoms with Crippen molar-refractivity contribution in [3.05, 3.63) is 29.8 Å². The van der Waals surface area contributed by atoms with Crippen molar-refractivity contribution in [3.8, 4) is 0 Å². The summed E-state index contributed by atoms with van der Waals surface area (Å²) in [5, 5.41) is 7.13. The number of nitrogens with two attached hydrogens (primary N) is 1. The summed E-state index contributed by atoms with van der Waals surface area (Å²) in [6, 6.07) is 1.65. The Bertz CT molecular complexity index is 590. The third kappa shape index (κ3) is 3.48. The molecular formula is C11H15F2N3O2S. The van der Waals surface area contributed by atoms with Crippen LogP contribution in [0.3, 0.4) is 0 Å². The molecule has 0 saturated carbocycles. The fraction of sp³-hybridized carbons (Fsp3) is 0.364. The maximum atomic E-state index is 13.5. The number of hydrogen-bond acceptors (Lipinski definition) is 3. The summed E-state index contributed by atoms with van der Waals surface area (Å²) in [5.41, 5.74) is 5.20. The van der Waals surface area contributed by atoms with Gasteiger partial charge in [0.1, 0.15) is 16.5 Å². The standard InChI is InChI=1S/C11H15F2N3O2S/c1-7(5-11(14)15)16(2)19(17,18)10-4-3-8(12)6-9(10)13/h3-4,6-7H,5H2,1-2H3,(H3,14,15). The molecule has 0 spiro atoms. The SMILES string of the molecule is CC(CC(=N)N)N(C)S(=O)(=O)c1ccc(F)cc1F. The molecule has 0 aliphatic carbocycles. The molecule has 1 rings (SSSR count). The summed E-state index contributed by atoms with van der Waals surface area (Å²) >= 11 is 0. The second kappa shape index (κ2) is 5.62. The molecule has 1 aromatic carbocycles. The lowest BCUT2D eigenvalue weighted by molar-refractivity contribution is 0.392. The van der Waals surface area contributed by atoms with E-state index < -0.39 is 32.6 Å². The highest BCUT2D eigenvalue weighted by Crippen LogP contribution is 2.21. The number of nitrogens with zero attached hydrogens (tertiary/aromatic N) is 1. The van der Waals surface area contributed by atoms with Crippen LogP contribution in [0.15, 0.2) is 23.1 Å². The Balaban J connectivity index is 3.13. The van der Waals surface area contributed by atoms with E-state index in [4.69, 9.17) is 11.1 Å². The van der Waals surface area contributed by atoms with Crippen molar-refractivity contribution >= 4 is 15.9 Å². The Morgan fingerprint density at radius 2 is 2.05 bits per heavy atom. The second-order valence-electron chi connectivity index (χ2n) is 4.17. The van der Waals surface area contributed by atoms with E-state index in [0.717, 1.165) is 16.4 Å². The third-order valence-corrected chi connectivity index (χ3v) is 4.69. The van der Waals surface area contributed by atoms with Crippen molar-refractivity contribution in [3.63, 3.8) is 0 Å². The monoisotopic (exact) mass is 291 g/mol. The second-order valence-corrected chi connectivity index (χ2v) is 6.14. The minimum absolute atomic E-state index is 0.0263. The lowest BCUT2D eigenvalue weighted by Crippen LogP contribution is -2.37. The van der Waals surface area contributed by atoms with E-state index in [1.807, 2.05) is 0 Å². The average Bonchev–Trinajstić information content (AvgIpc) is 2.26. The van der Waals surface area contributed by atoms with Gasteiger partial charge in [-0.2, -0.15) is 4.31 Å². The number of nitrogens with one attached hydrogen (secondary N) is 1. The van der Waals surface area contributed by atoms with E-state index in [9.17, 15) is 17.2 Å². The smallest absolute Gasteiger partial charge is 0.245 e. The zero-order chi connectivity index (χ0) is 14.8. The average molecular weight is 291 g/mol. The molecule has 0 aliphatic heterocycles. The first kappa shape index (κ1) is 15.5. The molecule has 8 heteroatoms. The molecule has 0 saturated heterocycles. The van der Waals surface area contributed by atoms with Crippen LogP contribution in [-0.2, 0) is 10.0 Å². The third-order valence-electron chi connectivity index (χ3n) is 2.69. The molecule has 1 atom stereocenters. The maximum absolute atomic E-state index is 13.5. The van der Waals surface area contributed by atoms with E-state index in [-0.39, 0.29) is 12.3 Å². The zero-order valence-electron chi connectivity index (χ0n) is 10.5. The van der Waals surface area contributed by atoms with E-state index in [1.54, 1.807) is 6.92 Å². The van der Waals surface area contributed by atoms with E-state index >= 15 is 0 Å². The van der Waals surface area contributed by atoms with Crippen LogP contribution in [0.2, 0.25) is 0 Å². The number of rotatable bonds is 5. The van der Waals surface area contributed by atoms with Crippen molar-refractivity contribution in [1.82, 2.24) is 4.31 Å². The highest BCUT2D eigenvalue weighted by atomic mass is 32.2. The van der Waals surface area contributed by atoms with Crippen molar-refractivity contribution in [2.24, 2.45) is 5.73 Å². The maximum Gasteiger partial charge on any atom is 0.245 e. The molecule has 19 heavy (non-hydrogen) atoms. The van der Waals surface area contributed by atoms with Gasteiger partial charge in [-0.15, -0.1) is 0 Å². The number of halogens is 2. The van der Waals surface area contributed by atoms with Gasteiger partial charge in [-0.3, -0.25) is 5.41 Å². The molecule has 0 fully saturated rings. The van der Waals surface area contributed by atoms with Gasteiger partial charge in [0, 0.05) is 25.6 Å². The summed E-state index contributed by atoms with van der Waals surface area (Å²) in [6.45, 7) is 1.54. The molecule has 0 radical (unpaired) electrons. The largest absolute Gasteiger partial charge is 0.388 e. The van der Waals surface area contributed by atoms with Crippen LogP contribution < -0.4 is 5.73 Å². The van der Waals surface area contributed by atoms with Crippen molar-refractivity contribution in [1.29, 1.82) is 5.41 Å². The van der Waals surface area contributed by atoms with Gasteiger partial charge in [0.05, 0.1) is 5.84 Å². The fourth-order valence-corrected chi connectivity index (χ4v) is 2.93. The number of amidine groups is 1. The predicted molar refractivity (Wildman–Crippen MR) is 67.3 cm³/mol. The summed E-state index contributed by atoms with van der Waals surface area (Å²) in [6.07, 6.45) is 0.0263. The molecule has 0 amide bonds. The van der Waals surface area contributed by atoms with Gasteiger partial charge in [0.25, 0.3) is 0 Å². The summed E-state index contributed by atoms with van der Waals surface area (Å²) in [7, 11) is -2.84. The molecule has 1 aromatic rings. The first-order valence-corrected chi connectivity index (χ1v) is 6.86. The van der Waals surface area contributed by atoms with Crippen molar-refractivity contribution in [2.45, 2.75) is 24.3 Å². The number of hydrogen-bond donors (Lipinski definition) is 2. The van der Waals surface area contributed by atoms with Crippen molar-refractivity contribution in [2.75, 3.05) is 7.05 Å². The topological polar surface area (TPSA) is 87.2 Å². The Labute approximate surface area is 110 Å². The van der Waals surface area contributed by atoms with E-state index in [1.165, 1.54) is 7.05 Å². The van der Waals surface area contributed by atoms with Gasteiger partial charge in [0.2, 0.25) is 10.0 Å². The molecule has 0 bridgehead atoms. The lowest BCUT2D eigenvalue weighted by atomic mass is 10.2. The summed E-state index contributed by atoms with van der Waals surface area (Å²) in [4.78, 5) is -0.605. The first-order valence-electron chi connectivity index (χ1n) is 5.42. The van der Waals surface area contributed by atoms with Crippen LogP contribution in [0.25, 0.3) is 0 Å². The Morgan fingerprint density at radius 1 is 1.47 bits per heavy atom. The van der Waals surface area contributed by atoms with Crippen molar-refractivity contribution < 1.29 is 17.2 Å². The fourth-order valence-electron chi connectivity index (χ4n) is 1.52. The Kier molecular flexibility index (Phi) is 4.59. The van der Waals surface area contributed by atoms with E-state index in [0.29, 0.717) is 6.07 Å². The highest BCUT2D eigenvalue weighted by molar-refractivity contribution is 7.89. The van der Waals surface area contributed by atoms with Crippen LogP contribution in [0, 0.1) is 17.0 Å². The number of benzene rings is 1. The molecule has 0 heterocycles. The van der Waals surface area contributed by atoms with Crippen LogP contribution in [0.1, 0.15) is 13.3 Å². The molecule has 5 nitrogen and oxygen atoms in total. The molecule has 3 N–H and O–H groups in total. The van der Waals surface area contributed by atoms with Gasteiger partial charge < -0.3 is 5.73 Å². The minimum atomic E-state index is -4.09. The van der Waals surface area contributed by atoms with Gasteiger partial charge >= 0.3 is 0 Å².